The molecule has 16 heavy (non-hydrogen) atoms. The van der Waals surface area contributed by atoms with E-state index in [1.807, 2.05) is 0 Å². The van der Waals surface area contributed by atoms with Gasteiger partial charge in [0.2, 0.25) is 0 Å². The first kappa shape index (κ1) is 12.5. The largest absolute Gasteiger partial charge is 0.461 e. The summed E-state index contributed by atoms with van der Waals surface area (Å²) in [5.74, 6) is -1.96. The molecule has 0 aliphatic heterocycles. The highest BCUT2D eigenvalue weighted by Gasteiger charge is 2.21. The second-order valence-electron chi connectivity index (χ2n) is 3.04. The molecule has 0 saturated carbocycles. The second kappa shape index (κ2) is 4.96. The molecule has 1 aromatic heterocycles. The minimum Gasteiger partial charge on any atom is -0.461 e. The van der Waals surface area contributed by atoms with Gasteiger partial charge in [-0.05, 0) is 25.5 Å². The summed E-state index contributed by atoms with van der Waals surface area (Å²) in [7, 11) is 0. The van der Waals surface area contributed by atoms with Crippen LogP contribution in [0.15, 0.2) is 6.07 Å². The first-order valence-electron chi connectivity index (χ1n) is 4.59. The van der Waals surface area contributed by atoms with Gasteiger partial charge in [0.15, 0.2) is 11.5 Å². The molecule has 1 rings (SSSR count). The van der Waals surface area contributed by atoms with Crippen molar-refractivity contribution in [3.63, 3.8) is 0 Å². The Balaban J connectivity index is 3.19. The highest BCUT2D eigenvalue weighted by molar-refractivity contribution is 5.88. The summed E-state index contributed by atoms with van der Waals surface area (Å²) in [6.07, 6.45) is -3.06. The molecule has 1 aromatic rings. The number of carbonyl (C=O) groups excluding carboxylic acids is 1. The summed E-state index contributed by atoms with van der Waals surface area (Å²) in [5, 5.41) is 0. The van der Waals surface area contributed by atoms with Crippen LogP contribution >= 0.6 is 0 Å². The number of hydrogen-bond donors (Lipinski definition) is 0. The van der Waals surface area contributed by atoms with Crippen molar-refractivity contribution in [2.24, 2.45) is 0 Å². The fraction of sp³-hybridized carbons (Fsp3) is 0.400. The zero-order valence-electron chi connectivity index (χ0n) is 8.76. The van der Waals surface area contributed by atoms with Gasteiger partial charge in [-0.15, -0.1) is 0 Å². The highest BCUT2D eigenvalue weighted by atomic mass is 19.3. The Kier molecular flexibility index (Phi) is 3.87. The fourth-order valence-corrected chi connectivity index (χ4v) is 1.15. The van der Waals surface area contributed by atoms with Crippen molar-refractivity contribution >= 4 is 5.97 Å². The molecule has 0 aliphatic rings. The van der Waals surface area contributed by atoms with Crippen molar-refractivity contribution in [3.8, 4) is 0 Å². The number of esters is 1. The number of aromatic nitrogens is 1. The normalized spacial score (nSPS) is 10.6. The zero-order valence-corrected chi connectivity index (χ0v) is 8.76. The number of nitrogens with zero attached hydrogens (tertiary/aromatic N) is 1. The summed E-state index contributed by atoms with van der Waals surface area (Å²) in [6, 6.07) is 0.848. The Labute approximate surface area is 90.2 Å². The van der Waals surface area contributed by atoms with Crippen molar-refractivity contribution < 1.29 is 22.7 Å². The molecule has 0 unspecified atom stereocenters. The molecule has 0 bridgehead atoms. The molecule has 1 heterocycles. The number of alkyl halides is 2. The third-order valence-corrected chi connectivity index (χ3v) is 1.87. The first-order valence-corrected chi connectivity index (χ1v) is 4.59. The van der Waals surface area contributed by atoms with Gasteiger partial charge in [0.1, 0.15) is 5.69 Å². The molecule has 0 aromatic carbocycles. The molecule has 0 aliphatic carbocycles. The van der Waals surface area contributed by atoms with Crippen LogP contribution in [0.25, 0.3) is 0 Å². The Morgan fingerprint density at radius 1 is 1.56 bits per heavy atom. The maximum atomic E-state index is 13.0. The standard InChI is InChI=1S/C10H10F3NO2/c1-3-16-10(15)7-5(2)4-6(11)8(14-7)9(12)13/h4,9H,3H2,1-2H3. The zero-order chi connectivity index (χ0) is 12.3. The lowest BCUT2D eigenvalue weighted by molar-refractivity contribution is 0.0516. The van der Waals surface area contributed by atoms with E-state index in [-0.39, 0.29) is 17.9 Å². The Bertz CT molecular complexity index is 407. The van der Waals surface area contributed by atoms with Crippen molar-refractivity contribution in [1.29, 1.82) is 0 Å². The third kappa shape index (κ3) is 2.50. The third-order valence-electron chi connectivity index (χ3n) is 1.87. The predicted octanol–water partition coefficient (Wildman–Crippen LogP) is 2.64. The van der Waals surface area contributed by atoms with Gasteiger partial charge < -0.3 is 4.74 Å². The van der Waals surface area contributed by atoms with Gasteiger partial charge in [-0.2, -0.15) is 0 Å². The van der Waals surface area contributed by atoms with E-state index in [4.69, 9.17) is 0 Å². The number of carbonyl (C=O) groups is 1. The summed E-state index contributed by atoms with van der Waals surface area (Å²) in [6.45, 7) is 3.07. The van der Waals surface area contributed by atoms with Crippen LogP contribution in [0.3, 0.4) is 0 Å². The summed E-state index contributed by atoms with van der Waals surface area (Å²) >= 11 is 0. The number of rotatable bonds is 3. The molecule has 0 atom stereocenters. The molecule has 0 spiro atoms. The fourth-order valence-electron chi connectivity index (χ4n) is 1.15. The second-order valence-corrected chi connectivity index (χ2v) is 3.04. The highest BCUT2D eigenvalue weighted by Crippen LogP contribution is 2.22. The van der Waals surface area contributed by atoms with E-state index in [1.54, 1.807) is 6.92 Å². The number of aryl methyl sites for hydroxylation is 1. The van der Waals surface area contributed by atoms with Gasteiger partial charge in [-0.1, -0.05) is 0 Å². The minimum atomic E-state index is -3.06. The van der Waals surface area contributed by atoms with Crippen LogP contribution in [0.5, 0.6) is 0 Å². The molecular weight excluding hydrogens is 223 g/mol. The number of halogens is 3. The maximum absolute atomic E-state index is 13.0. The minimum absolute atomic E-state index is 0.0986. The van der Waals surface area contributed by atoms with Crippen LogP contribution < -0.4 is 0 Å². The van der Waals surface area contributed by atoms with Gasteiger partial charge in [0.05, 0.1) is 6.61 Å². The predicted molar refractivity (Wildman–Crippen MR) is 49.8 cm³/mol. The average molecular weight is 233 g/mol. The van der Waals surface area contributed by atoms with E-state index >= 15 is 0 Å². The van der Waals surface area contributed by atoms with Crippen LogP contribution in [-0.4, -0.2) is 17.6 Å². The lowest BCUT2D eigenvalue weighted by atomic mass is 10.2. The molecule has 0 radical (unpaired) electrons. The van der Waals surface area contributed by atoms with Crippen LogP contribution in [0.2, 0.25) is 0 Å². The number of ether oxygens (including phenoxy) is 1. The lowest BCUT2D eigenvalue weighted by Crippen LogP contribution is -2.12. The van der Waals surface area contributed by atoms with E-state index in [0.717, 1.165) is 6.07 Å². The topological polar surface area (TPSA) is 39.2 Å². The van der Waals surface area contributed by atoms with Gasteiger partial charge >= 0.3 is 5.97 Å². The van der Waals surface area contributed by atoms with Crippen molar-refractivity contribution in [2.45, 2.75) is 20.3 Å². The van der Waals surface area contributed by atoms with Crippen molar-refractivity contribution in [1.82, 2.24) is 4.98 Å². The van der Waals surface area contributed by atoms with Gasteiger partial charge in [-0.3, -0.25) is 0 Å². The van der Waals surface area contributed by atoms with E-state index in [2.05, 4.69) is 9.72 Å². The van der Waals surface area contributed by atoms with E-state index in [0.29, 0.717) is 0 Å². The van der Waals surface area contributed by atoms with Gasteiger partial charge in [0, 0.05) is 0 Å². The Hall–Kier alpha value is -1.59. The number of hydrogen-bond acceptors (Lipinski definition) is 3. The summed E-state index contributed by atoms with van der Waals surface area (Å²) in [4.78, 5) is 14.6. The van der Waals surface area contributed by atoms with Crippen molar-refractivity contribution in [2.75, 3.05) is 6.61 Å². The van der Waals surface area contributed by atoms with Gasteiger partial charge in [0.25, 0.3) is 6.43 Å². The molecule has 0 amide bonds. The maximum Gasteiger partial charge on any atom is 0.357 e. The average Bonchev–Trinajstić information content (AvgIpc) is 2.17. The van der Waals surface area contributed by atoms with E-state index < -0.39 is 23.9 Å². The summed E-state index contributed by atoms with van der Waals surface area (Å²) in [5.41, 5.74) is -1.15. The quantitative estimate of drug-likeness (QED) is 0.753. The Morgan fingerprint density at radius 3 is 2.69 bits per heavy atom. The van der Waals surface area contributed by atoms with Crippen LogP contribution in [-0.2, 0) is 4.74 Å². The molecule has 3 nitrogen and oxygen atoms in total. The molecule has 0 saturated heterocycles. The molecule has 88 valence electrons. The van der Waals surface area contributed by atoms with Crippen LogP contribution in [0.4, 0.5) is 13.2 Å². The number of pyridine rings is 1. The molecular formula is C10H10F3NO2. The summed E-state index contributed by atoms with van der Waals surface area (Å²) < 4.78 is 42.3. The van der Waals surface area contributed by atoms with Crippen molar-refractivity contribution in [3.05, 3.63) is 28.8 Å². The Morgan fingerprint density at radius 2 is 2.19 bits per heavy atom. The van der Waals surface area contributed by atoms with Gasteiger partial charge in [-0.25, -0.2) is 22.9 Å². The smallest absolute Gasteiger partial charge is 0.357 e. The van der Waals surface area contributed by atoms with Crippen LogP contribution in [0, 0.1) is 12.7 Å². The first-order chi connectivity index (χ1) is 7.47. The molecule has 0 fully saturated rings. The molecule has 0 N–H and O–H groups in total. The van der Waals surface area contributed by atoms with E-state index in [1.165, 1.54) is 6.92 Å². The monoisotopic (exact) mass is 233 g/mol. The molecule has 6 heteroatoms. The van der Waals surface area contributed by atoms with Crippen LogP contribution in [0.1, 0.15) is 35.1 Å². The SMILES string of the molecule is CCOC(=O)c1nc(C(F)F)c(F)cc1C. The lowest BCUT2D eigenvalue weighted by Gasteiger charge is -2.07. The van der Waals surface area contributed by atoms with E-state index in [9.17, 15) is 18.0 Å².